The molecule has 5 heteroatoms. The molecular formula is C10H10Cl2N2O. The first-order valence-electron chi connectivity index (χ1n) is 4.64. The fraction of sp³-hybridized carbons (Fsp3) is 0.300. The monoisotopic (exact) mass is 244 g/mol. The number of carbonyl (C=O) groups is 1. The molecule has 0 aromatic heterocycles. The number of amides is 1. The summed E-state index contributed by atoms with van der Waals surface area (Å²) >= 11 is 11.8. The minimum absolute atomic E-state index is 0.0328. The third kappa shape index (κ3) is 2.25. The summed E-state index contributed by atoms with van der Waals surface area (Å²) in [5, 5.41) is 4.09. The first-order chi connectivity index (χ1) is 7.18. The van der Waals surface area contributed by atoms with Crippen LogP contribution in [-0.4, -0.2) is 25.5 Å². The molecule has 15 heavy (non-hydrogen) atoms. The fourth-order valence-electron chi connectivity index (χ4n) is 1.56. The molecule has 1 aromatic rings. The number of carbonyl (C=O) groups excluding carboxylic acids is 1. The van der Waals surface area contributed by atoms with Gasteiger partial charge in [-0.05, 0) is 18.2 Å². The summed E-state index contributed by atoms with van der Waals surface area (Å²) in [6.07, 6.45) is 0. The van der Waals surface area contributed by atoms with E-state index in [2.05, 4.69) is 5.32 Å². The zero-order valence-electron chi connectivity index (χ0n) is 7.96. The molecular weight excluding hydrogens is 235 g/mol. The average molecular weight is 245 g/mol. The van der Waals surface area contributed by atoms with Crippen LogP contribution in [0.1, 0.15) is 0 Å². The summed E-state index contributed by atoms with van der Waals surface area (Å²) in [4.78, 5) is 13.3. The van der Waals surface area contributed by atoms with Crippen molar-refractivity contribution in [3.63, 3.8) is 0 Å². The highest BCUT2D eigenvalue weighted by Gasteiger charge is 2.21. The van der Waals surface area contributed by atoms with Gasteiger partial charge < -0.3 is 10.2 Å². The molecule has 1 fully saturated rings. The van der Waals surface area contributed by atoms with E-state index in [4.69, 9.17) is 23.2 Å². The second kappa shape index (κ2) is 4.39. The summed E-state index contributed by atoms with van der Waals surface area (Å²) < 4.78 is 0. The summed E-state index contributed by atoms with van der Waals surface area (Å²) in [7, 11) is 0. The van der Waals surface area contributed by atoms with Gasteiger partial charge in [0.05, 0.1) is 17.3 Å². The molecule has 1 saturated heterocycles. The van der Waals surface area contributed by atoms with Gasteiger partial charge in [0.2, 0.25) is 5.91 Å². The van der Waals surface area contributed by atoms with E-state index in [1.54, 1.807) is 23.1 Å². The van der Waals surface area contributed by atoms with Crippen molar-refractivity contribution in [2.24, 2.45) is 0 Å². The number of hydrogen-bond donors (Lipinski definition) is 1. The molecule has 1 aromatic carbocycles. The number of halogens is 2. The number of nitrogens with zero attached hydrogens (tertiary/aromatic N) is 1. The highest BCUT2D eigenvalue weighted by Crippen LogP contribution is 2.29. The second-order valence-electron chi connectivity index (χ2n) is 3.32. The molecule has 0 radical (unpaired) electrons. The van der Waals surface area contributed by atoms with Gasteiger partial charge in [-0.3, -0.25) is 4.79 Å². The Bertz CT molecular complexity index is 395. The number of anilines is 1. The fourth-order valence-corrected chi connectivity index (χ4v) is 2.07. The van der Waals surface area contributed by atoms with Gasteiger partial charge in [-0.1, -0.05) is 23.2 Å². The second-order valence-corrected chi connectivity index (χ2v) is 4.16. The molecule has 0 bridgehead atoms. The van der Waals surface area contributed by atoms with Crippen LogP contribution >= 0.6 is 23.2 Å². The molecule has 1 N–H and O–H groups in total. The van der Waals surface area contributed by atoms with Gasteiger partial charge >= 0.3 is 0 Å². The lowest BCUT2D eigenvalue weighted by Gasteiger charge is -2.28. The Morgan fingerprint density at radius 2 is 2.13 bits per heavy atom. The Morgan fingerprint density at radius 1 is 1.33 bits per heavy atom. The molecule has 0 atom stereocenters. The van der Waals surface area contributed by atoms with Crippen molar-refractivity contribution in [3.8, 4) is 0 Å². The van der Waals surface area contributed by atoms with Crippen LogP contribution in [0.15, 0.2) is 18.2 Å². The Labute approximate surface area is 98.0 Å². The summed E-state index contributed by atoms with van der Waals surface area (Å²) in [6, 6.07) is 5.15. The van der Waals surface area contributed by atoms with Crippen LogP contribution in [0.25, 0.3) is 0 Å². The molecule has 1 aliphatic rings. The van der Waals surface area contributed by atoms with Gasteiger partial charge in [-0.25, -0.2) is 0 Å². The molecule has 2 rings (SSSR count). The van der Waals surface area contributed by atoms with Crippen molar-refractivity contribution < 1.29 is 4.79 Å². The van der Waals surface area contributed by atoms with Gasteiger partial charge in [-0.15, -0.1) is 0 Å². The first kappa shape index (κ1) is 10.7. The number of piperazine rings is 1. The van der Waals surface area contributed by atoms with Crippen molar-refractivity contribution in [1.29, 1.82) is 0 Å². The van der Waals surface area contributed by atoms with Crippen molar-refractivity contribution in [2.45, 2.75) is 0 Å². The Hall–Kier alpha value is -0.770. The molecule has 0 saturated carbocycles. The smallest absolute Gasteiger partial charge is 0.241 e. The average Bonchev–Trinajstić information content (AvgIpc) is 2.20. The Morgan fingerprint density at radius 3 is 2.80 bits per heavy atom. The summed E-state index contributed by atoms with van der Waals surface area (Å²) in [5.74, 6) is 0.0328. The minimum Gasteiger partial charge on any atom is -0.309 e. The SMILES string of the molecule is O=C1CNCCN1c1ccc(Cl)cc1Cl. The molecule has 0 spiro atoms. The van der Waals surface area contributed by atoms with E-state index in [9.17, 15) is 4.79 Å². The van der Waals surface area contributed by atoms with Crippen LogP contribution < -0.4 is 10.2 Å². The highest BCUT2D eigenvalue weighted by molar-refractivity contribution is 6.36. The van der Waals surface area contributed by atoms with Gasteiger partial charge in [0.1, 0.15) is 0 Å². The van der Waals surface area contributed by atoms with Crippen LogP contribution in [0.2, 0.25) is 10.0 Å². The van der Waals surface area contributed by atoms with Crippen LogP contribution in [0.4, 0.5) is 5.69 Å². The highest BCUT2D eigenvalue weighted by atomic mass is 35.5. The predicted octanol–water partition coefficient (Wildman–Crippen LogP) is 1.93. The van der Waals surface area contributed by atoms with Gasteiger partial charge in [0, 0.05) is 18.1 Å². The van der Waals surface area contributed by atoms with E-state index in [-0.39, 0.29) is 5.91 Å². The van der Waals surface area contributed by atoms with E-state index in [0.717, 1.165) is 12.2 Å². The Balaban J connectivity index is 2.31. The van der Waals surface area contributed by atoms with Crippen molar-refractivity contribution in [2.75, 3.05) is 24.5 Å². The largest absolute Gasteiger partial charge is 0.309 e. The van der Waals surface area contributed by atoms with Gasteiger partial charge in [0.25, 0.3) is 0 Å². The topological polar surface area (TPSA) is 32.3 Å². The van der Waals surface area contributed by atoms with Gasteiger partial charge in [0.15, 0.2) is 0 Å². The summed E-state index contributed by atoms with van der Waals surface area (Å²) in [6.45, 7) is 1.78. The van der Waals surface area contributed by atoms with E-state index < -0.39 is 0 Å². The van der Waals surface area contributed by atoms with Crippen molar-refractivity contribution >= 4 is 34.8 Å². The molecule has 1 amide bonds. The van der Waals surface area contributed by atoms with Crippen LogP contribution in [0.5, 0.6) is 0 Å². The molecule has 0 unspecified atom stereocenters. The number of nitrogens with one attached hydrogen (secondary N) is 1. The standard InChI is InChI=1S/C10H10Cl2N2O/c11-7-1-2-9(8(12)5-7)14-4-3-13-6-10(14)15/h1-2,5,13H,3-4,6H2. The lowest BCUT2D eigenvalue weighted by atomic mass is 10.2. The normalized spacial score (nSPS) is 16.9. The third-order valence-corrected chi connectivity index (χ3v) is 2.83. The zero-order valence-corrected chi connectivity index (χ0v) is 9.48. The molecule has 3 nitrogen and oxygen atoms in total. The molecule has 80 valence electrons. The van der Waals surface area contributed by atoms with Crippen molar-refractivity contribution in [1.82, 2.24) is 5.32 Å². The van der Waals surface area contributed by atoms with Crippen molar-refractivity contribution in [3.05, 3.63) is 28.2 Å². The Kier molecular flexibility index (Phi) is 3.14. The predicted molar refractivity (Wildman–Crippen MR) is 61.7 cm³/mol. The molecule has 0 aliphatic carbocycles. The quantitative estimate of drug-likeness (QED) is 0.819. The van der Waals surface area contributed by atoms with E-state index in [1.807, 2.05) is 0 Å². The maximum atomic E-state index is 11.6. The van der Waals surface area contributed by atoms with E-state index >= 15 is 0 Å². The first-order valence-corrected chi connectivity index (χ1v) is 5.40. The lowest BCUT2D eigenvalue weighted by Crippen LogP contribution is -2.48. The van der Waals surface area contributed by atoms with E-state index in [0.29, 0.717) is 23.1 Å². The minimum atomic E-state index is 0.0328. The van der Waals surface area contributed by atoms with E-state index in [1.165, 1.54) is 0 Å². The summed E-state index contributed by atoms with van der Waals surface area (Å²) in [5.41, 5.74) is 0.729. The number of rotatable bonds is 1. The lowest BCUT2D eigenvalue weighted by molar-refractivity contribution is -0.118. The number of benzene rings is 1. The zero-order chi connectivity index (χ0) is 10.8. The maximum absolute atomic E-state index is 11.6. The van der Waals surface area contributed by atoms with Gasteiger partial charge in [-0.2, -0.15) is 0 Å². The maximum Gasteiger partial charge on any atom is 0.241 e. The van der Waals surface area contributed by atoms with Crippen LogP contribution in [0.3, 0.4) is 0 Å². The van der Waals surface area contributed by atoms with Crippen LogP contribution in [0, 0.1) is 0 Å². The number of hydrogen-bond acceptors (Lipinski definition) is 2. The third-order valence-electron chi connectivity index (χ3n) is 2.29. The molecule has 1 aliphatic heterocycles. The van der Waals surface area contributed by atoms with Crippen LogP contribution in [-0.2, 0) is 4.79 Å². The molecule has 1 heterocycles.